The smallest absolute Gasteiger partial charge is 0.270 e. The van der Waals surface area contributed by atoms with Crippen LogP contribution in [0.3, 0.4) is 0 Å². The van der Waals surface area contributed by atoms with E-state index in [0.29, 0.717) is 18.9 Å². The molecular weight excluding hydrogens is 329 g/mol. The Balaban J connectivity index is 1.87. The molecule has 2 rings (SSSR count). The number of hydrogen-bond donors (Lipinski definition) is 0. The van der Waals surface area contributed by atoms with E-state index in [4.69, 9.17) is 9.47 Å². The van der Waals surface area contributed by atoms with Crippen LogP contribution in [0.25, 0.3) is 0 Å². The Bertz CT molecular complexity index is 526. The third-order valence-electron chi connectivity index (χ3n) is 4.92. The van der Waals surface area contributed by atoms with Crippen molar-refractivity contribution in [2.45, 2.75) is 71.3 Å². The lowest BCUT2D eigenvalue weighted by molar-refractivity contribution is -0.0400. The zero-order chi connectivity index (χ0) is 18.2. The van der Waals surface area contributed by atoms with Gasteiger partial charge in [0.2, 0.25) is 0 Å². The highest BCUT2D eigenvalue weighted by Gasteiger charge is 2.25. The fourth-order valence-corrected chi connectivity index (χ4v) is 3.31. The van der Waals surface area contributed by atoms with Crippen LogP contribution in [-0.4, -0.2) is 19.3 Å². The minimum Gasteiger partial charge on any atom is -0.490 e. The fourth-order valence-electron chi connectivity index (χ4n) is 3.31. The average molecular weight is 358 g/mol. The molecule has 1 aromatic carbocycles. The lowest BCUT2D eigenvalue weighted by atomic mass is 9.93. The first-order valence-corrected chi connectivity index (χ1v) is 9.40. The van der Waals surface area contributed by atoms with Gasteiger partial charge in [0.15, 0.2) is 0 Å². The summed E-state index contributed by atoms with van der Waals surface area (Å²) in [4.78, 5) is 0. The van der Waals surface area contributed by atoms with Crippen LogP contribution in [0.5, 0.6) is 5.75 Å². The van der Waals surface area contributed by atoms with Gasteiger partial charge in [-0.05, 0) is 43.2 Å². The van der Waals surface area contributed by atoms with E-state index < -0.39 is 17.8 Å². The Morgan fingerprint density at radius 2 is 2.00 bits per heavy atom. The maximum absolute atomic E-state index is 14.2. The molecule has 25 heavy (non-hydrogen) atoms. The molecule has 0 bridgehead atoms. The molecule has 2 nitrogen and oxygen atoms in total. The molecule has 2 unspecified atom stereocenters. The highest BCUT2D eigenvalue weighted by Crippen LogP contribution is 2.34. The lowest BCUT2D eigenvalue weighted by Crippen LogP contribution is -2.30. The molecule has 5 heteroatoms. The van der Waals surface area contributed by atoms with Crippen molar-refractivity contribution in [3.63, 3.8) is 0 Å². The molecule has 0 radical (unpaired) electrons. The van der Waals surface area contributed by atoms with Gasteiger partial charge in [-0.2, -0.15) is 0 Å². The van der Waals surface area contributed by atoms with Crippen molar-refractivity contribution in [1.29, 1.82) is 0 Å². The summed E-state index contributed by atoms with van der Waals surface area (Å²) in [6.07, 6.45) is 4.17. The van der Waals surface area contributed by atoms with Crippen molar-refractivity contribution < 1.29 is 22.6 Å². The Morgan fingerprint density at radius 3 is 2.60 bits per heavy atom. The average Bonchev–Trinajstić information content (AvgIpc) is 2.61. The van der Waals surface area contributed by atoms with E-state index in [0.717, 1.165) is 12.8 Å². The largest absolute Gasteiger partial charge is 0.490 e. The number of aryl methyl sites for hydroxylation is 1. The van der Waals surface area contributed by atoms with Gasteiger partial charge in [0.05, 0.1) is 11.7 Å². The fraction of sp³-hybridized carbons (Fsp3) is 0.700. The normalized spacial score (nSPS) is 20.9. The third-order valence-corrected chi connectivity index (χ3v) is 4.92. The maximum atomic E-state index is 14.2. The molecule has 2 atom stereocenters. The molecule has 0 amide bonds. The van der Waals surface area contributed by atoms with Crippen molar-refractivity contribution >= 4 is 0 Å². The van der Waals surface area contributed by atoms with Crippen molar-refractivity contribution in [3.8, 4) is 5.75 Å². The summed E-state index contributed by atoms with van der Waals surface area (Å²) in [5, 5.41) is 0. The minimum atomic E-state index is -2.89. The van der Waals surface area contributed by atoms with E-state index in [9.17, 15) is 13.2 Å². The molecule has 1 saturated heterocycles. The molecular formula is C20H29F3O2. The number of alkyl halides is 2. The monoisotopic (exact) mass is 358 g/mol. The first kappa shape index (κ1) is 20.1. The second-order valence-corrected chi connectivity index (χ2v) is 6.81. The highest BCUT2D eigenvalue weighted by molar-refractivity contribution is 5.40. The summed E-state index contributed by atoms with van der Waals surface area (Å²) in [5.74, 6) is -0.338. The van der Waals surface area contributed by atoms with Gasteiger partial charge in [0.25, 0.3) is 6.43 Å². The number of rotatable bonds is 9. The quantitative estimate of drug-likeness (QED) is 0.498. The van der Waals surface area contributed by atoms with Gasteiger partial charge < -0.3 is 9.47 Å². The summed E-state index contributed by atoms with van der Waals surface area (Å²) in [5.41, 5.74) is -0.348. The summed E-state index contributed by atoms with van der Waals surface area (Å²) in [6, 6.07) is 2.96. The van der Waals surface area contributed by atoms with Crippen LogP contribution in [0, 0.1) is 11.7 Å². The molecule has 1 aromatic rings. The predicted octanol–water partition coefficient (Wildman–Crippen LogP) is 6.08. The van der Waals surface area contributed by atoms with Crippen molar-refractivity contribution in [2.75, 3.05) is 13.2 Å². The van der Waals surface area contributed by atoms with Gasteiger partial charge in [0, 0.05) is 6.61 Å². The van der Waals surface area contributed by atoms with Crippen LogP contribution in [0.15, 0.2) is 12.1 Å². The van der Waals surface area contributed by atoms with E-state index >= 15 is 0 Å². The van der Waals surface area contributed by atoms with Crippen LogP contribution in [0.2, 0.25) is 0 Å². The van der Waals surface area contributed by atoms with Gasteiger partial charge in [-0.3, -0.25) is 0 Å². The van der Waals surface area contributed by atoms with E-state index in [1.54, 1.807) is 6.92 Å². The van der Waals surface area contributed by atoms with Crippen molar-refractivity contribution in [2.24, 2.45) is 5.92 Å². The number of ether oxygens (including phenoxy) is 2. The van der Waals surface area contributed by atoms with Crippen LogP contribution < -0.4 is 4.74 Å². The van der Waals surface area contributed by atoms with Crippen LogP contribution >= 0.6 is 0 Å². The van der Waals surface area contributed by atoms with Gasteiger partial charge in [-0.25, -0.2) is 13.2 Å². The van der Waals surface area contributed by atoms with Gasteiger partial charge >= 0.3 is 0 Å². The zero-order valence-electron chi connectivity index (χ0n) is 15.2. The standard InChI is InChI=1S/C20H29F3O2/c1-3-5-6-7-14-8-10-16(24-12-14)13-25-17-11-9-15(4-2)19(21)18(17)20(22)23/h9,11,14,16,20H,3-8,10,12-13H2,1-2H3. The lowest BCUT2D eigenvalue weighted by Gasteiger charge is -2.29. The van der Waals surface area contributed by atoms with Gasteiger partial charge in [-0.1, -0.05) is 39.2 Å². The zero-order valence-corrected chi connectivity index (χ0v) is 15.2. The summed E-state index contributed by atoms with van der Waals surface area (Å²) in [7, 11) is 0. The Hall–Kier alpha value is -1.23. The van der Waals surface area contributed by atoms with E-state index in [-0.39, 0.29) is 24.0 Å². The molecule has 0 spiro atoms. The van der Waals surface area contributed by atoms with E-state index in [2.05, 4.69) is 6.92 Å². The number of unbranched alkanes of at least 4 members (excludes halogenated alkanes) is 2. The van der Waals surface area contributed by atoms with Crippen LogP contribution in [0.1, 0.15) is 69.9 Å². The SMILES string of the molecule is CCCCCC1CCC(COc2ccc(CC)c(F)c2C(F)F)OC1. The predicted molar refractivity (Wildman–Crippen MR) is 92.8 cm³/mol. The second-order valence-electron chi connectivity index (χ2n) is 6.81. The van der Waals surface area contributed by atoms with E-state index in [1.807, 2.05) is 0 Å². The minimum absolute atomic E-state index is 0.0710. The molecule has 1 heterocycles. The number of benzene rings is 1. The molecule has 1 fully saturated rings. The Morgan fingerprint density at radius 1 is 1.20 bits per heavy atom. The molecule has 1 aliphatic heterocycles. The number of halogens is 3. The molecule has 0 aromatic heterocycles. The first-order valence-electron chi connectivity index (χ1n) is 9.40. The van der Waals surface area contributed by atoms with Crippen molar-refractivity contribution in [1.82, 2.24) is 0 Å². The van der Waals surface area contributed by atoms with Crippen molar-refractivity contribution in [3.05, 3.63) is 29.1 Å². The van der Waals surface area contributed by atoms with Crippen LogP contribution in [0.4, 0.5) is 13.2 Å². The topological polar surface area (TPSA) is 18.5 Å². The van der Waals surface area contributed by atoms with Gasteiger partial charge in [-0.15, -0.1) is 0 Å². The first-order chi connectivity index (χ1) is 12.1. The maximum Gasteiger partial charge on any atom is 0.270 e. The number of hydrogen-bond acceptors (Lipinski definition) is 2. The Kier molecular flexibility index (Phi) is 8.07. The molecule has 142 valence electrons. The summed E-state index contributed by atoms with van der Waals surface area (Å²) >= 11 is 0. The molecule has 0 saturated carbocycles. The van der Waals surface area contributed by atoms with Gasteiger partial charge in [0.1, 0.15) is 18.2 Å². The third kappa shape index (κ3) is 5.63. The summed E-state index contributed by atoms with van der Waals surface area (Å²) < 4.78 is 51.9. The molecule has 1 aliphatic rings. The highest BCUT2D eigenvalue weighted by atomic mass is 19.3. The van der Waals surface area contributed by atoms with E-state index in [1.165, 1.54) is 37.8 Å². The van der Waals surface area contributed by atoms with Crippen LogP contribution in [-0.2, 0) is 11.2 Å². The summed E-state index contributed by atoms with van der Waals surface area (Å²) in [6.45, 7) is 4.81. The Labute approximate surface area is 148 Å². The molecule has 0 aliphatic carbocycles. The molecule has 0 N–H and O–H groups in total. The second kappa shape index (κ2) is 10.0.